The Balaban J connectivity index is 4.15. The molecule has 0 rings (SSSR count). The quantitative estimate of drug-likeness (QED) is 0.0264. The van der Waals surface area contributed by atoms with E-state index in [0.717, 1.165) is 167 Å². The third-order valence-corrected chi connectivity index (χ3v) is 13.3. The summed E-state index contributed by atoms with van der Waals surface area (Å²) >= 11 is 0. The third-order valence-electron chi connectivity index (χ3n) is 12.4. The van der Waals surface area contributed by atoms with Gasteiger partial charge in [-0.3, -0.25) is 18.6 Å². The van der Waals surface area contributed by atoms with Gasteiger partial charge >= 0.3 is 19.8 Å². The Morgan fingerprint density at radius 1 is 0.353 bits per heavy atom. The average molecular weight is 1190 g/mol. The molecular weight excluding hydrogens is 1070 g/mol. The zero-order valence-electron chi connectivity index (χ0n) is 52.7. The van der Waals surface area contributed by atoms with Crippen molar-refractivity contribution in [3.63, 3.8) is 0 Å². The van der Waals surface area contributed by atoms with Gasteiger partial charge in [0.2, 0.25) is 0 Å². The molecule has 0 heterocycles. The summed E-state index contributed by atoms with van der Waals surface area (Å²) in [6, 6.07) is 0. The van der Waals surface area contributed by atoms with E-state index in [1.54, 1.807) is 0 Å². The number of hydrogen-bond donors (Lipinski definition) is 2. The minimum absolute atomic E-state index is 0.0317. The number of ether oxygens (including phenoxy) is 2. The molecular formula is C75H114NO8P. The molecule has 0 amide bonds. The first kappa shape index (κ1) is 79.3. The first-order chi connectivity index (χ1) is 41.8. The largest absolute Gasteiger partial charge is 0.472 e. The molecule has 9 nitrogen and oxygen atoms in total. The number of rotatable bonds is 57. The number of carbonyl (C=O) groups excluding carboxylic acids is 2. The Hall–Kier alpha value is -5.67. The van der Waals surface area contributed by atoms with Crippen LogP contribution in [0.3, 0.4) is 0 Å². The Kier molecular flexibility index (Phi) is 63.0. The van der Waals surface area contributed by atoms with E-state index in [0.29, 0.717) is 12.8 Å². The summed E-state index contributed by atoms with van der Waals surface area (Å²) < 4.78 is 33.0. The maximum Gasteiger partial charge on any atom is 0.472 e. The van der Waals surface area contributed by atoms with Crippen LogP contribution >= 0.6 is 7.82 Å². The number of unbranched alkanes of at least 4 members (excludes halogenated alkanes) is 8. The van der Waals surface area contributed by atoms with E-state index in [9.17, 15) is 19.0 Å². The second-order valence-electron chi connectivity index (χ2n) is 20.2. The summed E-state index contributed by atoms with van der Waals surface area (Å²) in [5.74, 6) is -0.910. The molecule has 0 aromatic rings. The van der Waals surface area contributed by atoms with Gasteiger partial charge in [0.05, 0.1) is 13.2 Å². The van der Waals surface area contributed by atoms with Crippen molar-refractivity contribution in [2.45, 2.75) is 213 Å². The van der Waals surface area contributed by atoms with Gasteiger partial charge in [-0.25, -0.2) is 4.57 Å². The van der Waals surface area contributed by atoms with E-state index in [4.69, 9.17) is 24.3 Å². The normalized spacial score (nSPS) is 14.4. The smallest absolute Gasteiger partial charge is 0.462 e. The summed E-state index contributed by atoms with van der Waals surface area (Å²) in [7, 11) is -4.42. The number of nitrogens with two attached hydrogens (primary N) is 1. The molecule has 0 saturated heterocycles. The fraction of sp³-hybridized carbons (Fsp3) is 0.493. The van der Waals surface area contributed by atoms with Crippen LogP contribution in [-0.2, 0) is 32.7 Å². The van der Waals surface area contributed by atoms with Crippen LogP contribution in [0.5, 0.6) is 0 Å². The van der Waals surface area contributed by atoms with Crippen molar-refractivity contribution < 1.29 is 37.6 Å². The van der Waals surface area contributed by atoms with E-state index in [1.807, 2.05) is 0 Å². The monoisotopic (exact) mass is 1190 g/mol. The van der Waals surface area contributed by atoms with E-state index in [2.05, 4.69) is 233 Å². The Bertz CT molecular complexity index is 2190. The first-order valence-corrected chi connectivity index (χ1v) is 33.7. The molecule has 0 bridgehead atoms. The van der Waals surface area contributed by atoms with Crippen LogP contribution in [0.4, 0.5) is 0 Å². The molecule has 2 atom stereocenters. The molecule has 0 aromatic heterocycles. The van der Waals surface area contributed by atoms with Gasteiger partial charge < -0.3 is 20.1 Å². The number of phosphoric ester groups is 1. The summed E-state index contributed by atoms with van der Waals surface area (Å²) in [6.07, 6.45) is 106. The molecule has 10 heteroatoms. The van der Waals surface area contributed by atoms with Gasteiger partial charge in [-0.05, 0) is 154 Å². The van der Waals surface area contributed by atoms with Crippen molar-refractivity contribution in [2.75, 3.05) is 26.4 Å². The van der Waals surface area contributed by atoms with Gasteiger partial charge in [-0.15, -0.1) is 0 Å². The van der Waals surface area contributed by atoms with Crippen molar-refractivity contribution in [1.29, 1.82) is 0 Å². The summed E-state index contributed by atoms with van der Waals surface area (Å²) in [6.45, 7) is 3.41. The number of esters is 2. The highest BCUT2D eigenvalue weighted by Crippen LogP contribution is 2.43. The Morgan fingerprint density at radius 3 is 0.918 bits per heavy atom. The molecule has 0 aromatic carbocycles. The molecule has 85 heavy (non-hydrogen) atoms. The van der Waals surface area contributed by atoms with Gasteiger partial charge in [0.1, 0.15) is 6.61 Å². The SMILES string of the molecule is CC/C=C\C/C=C\C/C=C\C/C=C\C/C=C\C/C=C\C/C=C\C/C=C\C/C=C\CCCCCCCC(=O)OC(COC(=O)CCCCC/C=C\C/C=C\C/C=C\C/C=C\C/C=C\C/C=C\C/C=C\C/C=C\C/C=C\CC)COP(=O)(O)OCCN. The fourth-order valence-electron chi connectivity index (χ4n) is 7.68. The zero-order chi connectivity index (χ0) is 61.6. The third kappa shape index (κ3) is 67.3. The van der Waals surface area contributed by atoms with Crippen molar-refractivity contribution in [3.8, 4) is 0 Å². The van der Waals surface area contributed by atoms with Gasteiger partial charge in [-0.1, -0.05) is 258 Å². The van der Waals surface area contributed by atoms with Crippen molar-refractivity contribution in [1.82, 2.24) is 0 Å². The predicted molar refractivity (Wildman–Crippen MR) is 366 cm³/mol. The van der Waals surface area contributed by atoms with Crippen LogP contribution in [0.1, 0.15) is 206 Å². The molecule has 0 aliphatic rings. The number of carbonyl (C=O) groups is 2. The van der Waals surface area contributed by atoms with Gasteiger partial charge in [0.25, 0.3) is 0 Å². The van der Waals surface area contributed by atoms with Crippen LogP contribution in [0.2, 0.25) is 0 Å². The highest BCUT2D eigenvalue weighted by atomic mass is 31.2. The topological polar surface area (TPSA) is 134 Å². The van der Waals surface area contributed by atoms with Crippen LogP contribution in [0.25, 0.3) is 0 Å². The minimum Gasteiger partial charge on any atom is -0.462 e. The summed E-state index contributed by atoms with van der Waals surface area (Å²) in [4.78, 5) is 35.3. The summed E-state index contributed by atoms with van der Waals surface area (Å²) in [5.41, 5.74) is 5.39. The molecule has 0 aliphatic carbocycles. The molecule has 0 saturated carbocycles. The second-order valence-corrected chi connectivity index (χ2v) is 21.6. The first-order valence-electron chi connectivity index (χ1n) is 32.2. The van der Waals surface area contributed by atoms with Crippen molar-refractivity contribution in [2.24, 2.45) is 5.73 Å². The number of hydrogen-bond acceptors (Lipinski definition) is 8. The van der Waals surface area contributed by atoms with Crippen LogP contribution in [0, 0.1) is 0 Å². The molecule has 0 fully saturated rings. The van der Waals surface area contributed by atoms with Crippen molar-refractivity contribution in [3.05, 3.63) is 219 Å². The average Bonchev–Trinajstić information content (AvgIpc) is 3.52. The summed E-state index contributed by atoms with van der Waals surface area (Å²) in [5, 5.41) is 0. The van der Waals surface area contributed by atoms with Crippen LogP contribution in [-0.4, -0.2) is 49.3 Å². The lowest BCUT2D eigenvalue weighted by atomic mass is 10.1. The number of phosphoric acid groups is 1. The van der Waals surface area contributed by atoms with E-state index in [1.165, 1.54) is 0 Å². The second kappa shape index (κ2) is 67.5. The fourth-order valence-corrected chi connectivity index (χ4v) is 8.44. The lowest BCUT2D eigenvalue weighted by molar-refractivity contribution is -0.161. The van der Waals surface area contributed by atoms with E-state index < -0.39 is 32.5 Å². The highest BCUT2D eigenvalue weighted by Gasteiger charge is 2.26. The predicted octanol–water partition coefficient (Wildman–Crippen LogP) is 21.3. The maximum atomic E-state index is 12.7. The van der Waals surface area contributed by atoms with Crippen LogP contribution < -0.4 is 5.73 Å². The lowest BCUT2D eigenvalue weighted by Gasteiger charge is -2.19. The zero-order valence-corrected chi connectivity index (χ0v) is 53.6. The Labute approximate surface area is 518 Å². The van der Waals surface area contributed by atoms with E-state index in [-0.39, 0.29) is 32.6 Å². The van der Waals surface area contributed by atoms with Crippen LogP contribution in [0.15, 0.2) is 219 Å². The number of allylic oxidation sites excluding steroid dienone is 36. The molecule has 0 aliphatic heterocycles. The minimum atomic E-state index is -4.42. The van der Waals surface area contributed by atoms with Crippen molar-refractivity contribution >= 4 is 19.8 Å². The molecule has 2 unspecified atom stereocenters. The highest BCUT2D eigenvalue weighted by molar-refractivity contribution is 7.47. The van der Waals surface area contributed by atoms with Gasteiger partial charge in [0.15, 0.2) is 6.10 Å². The molecule has 3 N–H and O–H groups in total. The molecule has 0 spiro atoms. The Morgan fingerprint density at radius 2 is 0.612 bits per heavy atom. The van der Waals surface area contributed by atoms with Gasteiger partial charge in [0, 0.05) is 19.4 Å². The van der Waals surface area contributed by atoms with Gasteiger partial charge in [-0.2, -0.15) is 0 Å². The lowest BCUT2D eigenvalue weighted by Crippen LogP contribution is -2.29. The molecule has 0 radical (unpaired) electrons. The standard InChI is InChI=1S/C75H114NO8P/c1-3-5-7-9-11-13-15-17-19-21-23-25-27-29-31-33-35-36-38-40-42-44-46-48-50-52-54-56-58-60-62-64-66-68-75(78)84-73(72-83-85(79,80)82-70-69-76)71-81-74(77)67-65-63-61-59-57-55-53-51-49-47-45-43-41-39-37-34-32-30-28-26-24-22-20-18-16-14-12-10-8-6-4-2/h5-8,11-14,17-20,23-26,29-32,35-37,39-40,42-43,45-46,48-49,51-52,54-55,57,73H,3-4,9-10,15-16,21-22,27-28,33-34,38,41,44,47,50,53,56,58-72,76H2,1-2H3,(H,79,80)/b7-5-,8-6-,13-11-,14-12-,19-17-,20-18-,25-23-,26-24-,31-29-,32-30-,36-35-,39-37-,42-40-,45-43-,48-46-,51-49-,54-52-,57-55-. The maximum absolute atomic E-state index is 12.7. The molecule has 472 valence electrons. The van der Waals surface area contributed by atoms with E-state index >= 15 is 0 Å².